The average molecular weight is 290 g/mol. The second-order valence-electron chi connectivity index (χ2n) is 4.53. The highest BCUT2D eigenvalue weighted by Crippen LogP contribution is 2.32. The van der Waals surface area contributed by atoms with Crippen molar-refractivity contribution < 1.29 is 5.11 Å². The number of hydrogen-bond acceptors (Lipinski definition) is 1. The Hall–Kier alpha value is -1.12. The second kappa shape index (κ2) is 4.63. The molecular formula is C15H14BrO. The lowest BCUT2D eigenvalue weighted by atomic mass is 9.90. The molecule has 0 heterocycles. The maximum atomic E-state index is 10.2. The van der Waals surface area contributed by atoms with Gasteiger partial charge < -0.3 is 5.11 Å². The third kappa shape index (κ3) is 2.76. The molecule has 0 aliphatic carbocycles. The third-order valence-corrected chi connectivity index (χ3v) is 3.10. The minimum atomic E-state index is -0.890. The number of aliphatic hydroxyl groups is 1. The number of benzene rings is 2. The van der Waals surface area contributed by atoms with Gasteiger partial charge >= 0.3 is 0 Å². The Labute approximate surface area is 110 Å². The summed E-state index contributed by atoms with van der Waals surface area (Å²) in [5.41, 5.74) is 2.02. The fourth-order valence-electron chi connectivity index (χ4n) is 1.84. The van der Waals surface area contributed by atoms with Crippen LogP contribution < -0.4 is 0 Å². The van der Waals surface area contributed by atoms with Crippen molar-refractivity contribution in [3.05, 3.63) is 58.6 Å². The SMILES string of the molecule is CC(C)(O)c1[c]cccc1-c1cccc(Br)c1. The van der Waals surface area contributed by atoms with E-state index in [2.05, 4.69) is 22.0 Å². The molecule has 0 saturated heterocycles. The molecular weight excluding hydrogens is 276 g/mol. The molecule has 1 radical (unpaired) electrons. The summed E-state index contributed by atoms with van der Waals surface area (Å²) >= 11 is 3.46. The van der Waals surface area contributed by atoms with Gasteiger partial charge in [0.1, 0.15) is 0 Å². The molecule has 0 aliphatic rings. The summed E-state index contributed by atoms with van der Waals surface area (Å²) in [5, 5.41) is 10.2. The standard InChI is InChI=1S/C15H14BrO/c1-15(2,17)14-9-4-3-8-13(14)11-6-5-7-12(16)10-11/h3-8,10,17H,1-2H3. The van der Waals surface area contributed by atoms with E-state index in [0.29, 0.717) is 0 Å². The maximum absolute atomic E-state index is 10.2. The van der Waals surface area contributed by atoms with Gasteiger partial charge in [-0.3, -0.25) is 0 Å². The van der Waals surface area contributed by atoms with Crippen LogP contribution in [-0.2, 0) is 5.60 Å². The van der Waals surface area contributed by atoms with Crippen LogP contribution in [0.1, 0.15) is 19.4 Å². The molecule has 2 aromatic carbocycles. The van der Waals surface area contributed by atoms with Crippen molar-refractivity contribution in [3.63, 3.8) is 0 Å². The van der Waals surface area contributed by atoms with Gasteiger partial charge in [-0.2, -0.15) is 0 Å². The van der Waals surface area contributed by atoms with Crippen molar-refractivity contribution in [2.24, 2.45) is 0 Å². The first-order valence-corrected chi connectivity index (χ1v) is 6.27. The molecule has 0 aliphatic heterocycles. The van der Waals surface area contributed by atoms with Crippen molar-refractivity contribution >= 4 is 15.9 Å². The normalized spacial score (nSPS) is 11.5. The van der Waals surface area contributed by atoms with Crippen molar-refractivity contribution in [2.75, 3.05) is 0 Å². The van der Waals surface area contributed by atoms with Crippen LogP contribution >= 0.6 is 15.9 Å². The molecule has 0 aromatic heterocycles. The fraction of sp³-hybridized carbons (Fsp3) is 0.200. The van der Waals surface area contributed by atoms with Crippen LogP contribution in [0, 0.1) is 6.07 Å². The van der Waals surface area contributed by atoms with Crippen LogP contribution in [0.4, 0.5) is 0 Å². The molecule has 87 valence electrons. The van der Waals surface area contributed by atoms with Gasteiger partial charge in [-0.1, -0.05) is 46.3 Å². The molecule has 2 aromatic rings. The number of halogens is 1. The highest BCUT2D eigenvalue weighted by atomic mass is 79.9. The summed E-state index contributed by atoms with van der Waals surface area (Å²) in [4.78, 5) is 0. The predicted molar refractivity (Wildman–Crippen MR) is 73.7 cm³/mol. The highest BCUT2D eigenvalue weighted by Gasteiger charge is 2.20. The second-order valence-corrected chi connectivity index (χ2v) is 5.44. The quantitative estimate of drug-likeness (QED) is 0.881. The van der Waals surface area contributed by atoms with E-state index in [9.17, 15) is 5.11 Å². The van der Waals surface area contributed by atoms with Gasteiger partial charge in [0.05, 0.1) is 5.60 Å². The van der Waals surface area contributed by atoms with Crippen molar-refractivity contribution in [1.29, 1.82) is 0 Å². The molecule has 0 atom stereocenters. The van der Waals surface area contributed by atoms with E-state index in [-0.39, 0.29) is 0 Å². The molecule has 0 bridgehead atoms. The van der Waals surface area contributed by atoms with Crippen LogP contribution in [0.5, 0.6) is 0 Å². The van der Waals surface area contributed by atoms with Gasteiger partial charge in [0.25, 0.3) is 0 Å². The van der Waals surface area contributed by atoms with Crippen LogP contribution in [-0.4, -0.2) is 5.11 Å². The maximum Gasteiger partial charge on any atom is 0.0852 e. The van der Waals surface area contributed by atoms with Crippen molar-refractivity contribution in [1.82, 2.24) is 0 Å². The van der Waals surface area contributed by atoms with Gasteiger partial charge in [-0.25, -0.2) is 0 Å². The van der Waals surface area contributed by atoms with Crippen molar-refractivity contribution in [2.45, 2.75) is 19.4 Å². The first-order chi connectivity index (χ1) is 7.98. The Morgan fingerprint density at radius 2 is 1.94 bits per heavy atom. The predicted octanol–water partition coefficient (Wildman–Crippen LogP) is 4.14. The molecule has 0 saturated carbocycles. The summed E-state index contributed by atoms with van der Waals surface area (Å²) in [6.07, 6.45) is 0. The summed E-state index contributed by atoms with van der Waals surface area (Å²) in [7, 11) is 0. The summed E-state index contributed by atoms with van der Waals surface area (Å²) in [6.45, 7) is 3.56. The first-order valence-electron chi connectivity index (χ1n) is 5.48. The molecule has 1 N–H and O–H groups in total. The molecule has 0 spiro atoms. The largest absolute Gasteiger partial charge is 0.386 e. The smallest absolute Gasteiger partial charge is 0.0852 e. The van der Waals surface area contributed by atoms with E-state index in [1.165, 1.54) is 0 Å². The van der Waals surface area contributed by atoms with Gasteiger partial charge in [-0.05, 0) is 48.7 Å². The lowest BCUT2D eigenvalue weighted by Gasteiger charge is -2.21. The third-order valence-electron chi connectivity index (χ3n) is 2.60. The topological polar surface area (TPSA) is 20.2 Å². The fourth-order valence-corrected chi connectivity index (χ4v) is 2.24. The zero-order valence-corrected chi connectivity index (χ0v) is 11.5. The minimum absolute atomic E-state index is 0.818. The molecule has 2 rings (SSSR count). The lowest BCUT2D eigenvalue weighted by molar-refractivity contribution is 0.0789. The van der Waals surface area contributed by atoms with E-state index in [4.69, 9.17) is 0 Å². The summed E-state index contributed by atoms with van der Waals surface area (Å²) in [5.74, 6) is 0. The van der Waals surface area contributed by atoms with Crippen LogP contribution in [0.25, 0.3) is 11.1 Å². The van der Waals surface area contributed by atoms with Crippen LogP contribution in [0.3, 0.4) is 0 Å². The molecule has 0 unspecified atom stereocenters. The Bertz CT molecular complexity index is 526. The molecule has 0 fully saturated rings. The first kappa shape index (κ1) is 12.3. The van der Waals surface area contributed by atoms with Gasteiger partial charge in [0.15, 0.2) is 0 Å². The summed E-state index contributed by atoms with van der Waals surface area (Å²) < 4.78 is 1.03. The Balaban J connectivity index is 2.60. The van der Waals surface area contributed by atoms with Crippen LogP contribution in [0.2, 0.25) is 0 Å². The number of hydrogen-bond donors (Lipinski definition) is 1. The monoisotopic (exact) mass is 289 g/mol. The molecule has 1 nitrogen and oxygen atoms in total. The molecule has 17 heavy (non-hydrogen) atoms. The average Bonchev–Trinajstić information content (AvgIpc) is 2.28. The van der Waals surface area contributed by atoms with Gasteiger partial charge in [0.2, 0.25) is 0 Å². The van der Waals surface area contributed by atoms with E-state index < -0.39 is 5.60 Å². The molecule has 2 heteroatoms. The van der Waals surface area contributed by atoms with Gasteiger partial charge in [0, 0.05) is 4.47 Å². The Kier molecular flexibility index (Phi) is 3.36. The van der Waals surface area contributed by atoms with E-state index in [1.54, 1.807) is 13.8 Å². The molecule has 0 amide bonds. The van der Waals surface area contributed by atoms with Gasteiger partial charge in [-0.15, -0.1) is 0 Å². The zero-order chi connectivity index (χ0) is 12.5. The van der Waals surface area contributed by atoms with E-state index >= 15 is 0 Å². The highest BCUT2D eigenvalue weighted by molar-refractivity contribution is 9.10. The Morgan fingerprint density at radius 3 is 2.59 bits per heavy atom. The Morgan fingerprint density at radius 1 is 1.18 bits per heavy atom. The van der Waals surface area contributed by atoms with E-state index in [0.717, 1.165) is 21.2 Å². The lowest BCUT2D eigenvalue weighted by Crippen LogP contribution is -2.16. The minimum Gasteiger partial charge on any atom is -0.386 e. The number of rotatable bonds is 2. The zero-order valence-electron chi connectivity index (χ0n) is 9.87. The summed E-state index contributed by atoms with van der Waals surface area (Å²) in [6, 6.07) is 16.9. The van der Waals surface area contributed by atoms with Crippen molar-refractivity contribution in [3.8, 4) is 11.1 Å². The van der Waals surface area contributed by atoms with E-state index in [1.807, 2.05) is 42.5 Å². The van der Waals surface area contributed by atoms with Crippen LogP contribution in [0.15, 0.2) is 46.9 Å².